The number of aromatic carboxylic acids is 2. The second-order valence-corrected chi connectivity index (χ2v) is 5.66. The molecule has 0 unspecified atom stereocenters. The van der Waals surface area contributed by atoms with Crippen molar-refractivity contribution in [3.05, 3.63) is 69.8 Å². The van der Waals surface area contributed by atoms with Crippen LogP contribution in [-0.4, -0.2) is 33.7 Å². The zero-order valence-electron chi connectivity index (χ0n) is 13.7. The van der Waals surface area contributed by atoms with Crippen LogP contribution in [0.15, 0.2) is 36.4 Å². The molecule has 6 heteroatoms. The smallest absolute Gasteiger partial charge is 0.336 e. The first-order chi connectivity index (χ1) is 11.7. The molecule has 128 valence electrons. The van der Waals surface area contributed by atoms with Gasteiger partial charge in [-0.3, -0.25) is 9.59 Å². The summed E-state index contributed by atoms with van der Waals surface area (Å²) in [6.07, 6.45) is 0.334. The Morgan fingerprint density at radius 1 is 0.680 bits per heavy atom. The maximum Gasteiger partial charge on any atom is 0.336 e. The topological polar surface area (TPSA) is 109 Å². The number of hydrogen-bond acceptors (Lipinski definition) is 4. The SMILES string of the molecule is CC(=O)c1cc(Cc2ccc(C(=O)O)c(C(C)=O)c2)ccc1C(=O)O. The first-order valence-electron chi connectivity index (χ1n) is 7.45. The summed E-state index contributed by atoms with van der Waals surface area (Å²) in [5.74, 6) is -3.07. The highest BCUT2D eigenvalue weighted by molar-refractivity contribution is 6.05. The van der Waals surface area contributed by atoms with Gasteiger partial charge in [-0.25, -0.2) is 9.59 Å². The van der Waals surface area contributed by atoms with Crippen molar-refractivity contribution in [1.29, 1.82) is 0 Å². The normalized spacial score (nSPS) is 10.3. The minimum Gasteiger partial charge on any atom is -0.478 e. The van der Waals surface area contributed by atoms with Gasteiger partial charge in [-0.2, -0.15) is 0 Å². The quantitative estimate of drug-likeness (QED) is 0.782. The Bertz CT molecular complexity index is 821. The molecule has 25 heavy (non-hydrogen) atoms. The Hall–Kier alpha value is -3.28. The van der Waals surface area contributed by atoms with Gasteiger partial charge < -0.3 is 10.2 Å². The second kappa shape index (κ2) is 7.09. The van der Waals surface area contributed by atoms with E-state index in [9.17, 15) is 19.2 Å². The van der Waals surface area contributed by atoms with Gasteiger partial charge >= 0.3 is 11.9 Å². The molecule has 0 aromatic heterocycles. The minimum atomic E-state index is -1.18. The lowest BCUT2D eigenvalue weighted by atomic mass is 9.94. The fraction of sp³-hybridized carbons (Fsp3) is 0.158. The molecule has 0 radical (unpaired) electrons. The molecule has 0 bridgehead atoms. The van der Waals surface area contributed by atoms with E-state index in [0.717, 1.165) is 0 Å². The molecule has 2 aromatic carbocycles. The minimum absolute atomic E-state index is 0.0677. The molecule has 0 aliphatic rings. The molecule has 0 spiro atoms. The summed E-state index contributed by atoms with van der Waals surface area (Å²) in [6.45, 7) is 2.59. The Morgan fingerprint density at radius 2 is 1.04 bits per heavy atom. The number of carboxylic acid groups (broad SMARTS) is 2. The van der Waals surface area contributed by atoms with Crippen LogP contribution in [0.2, 0.25) is 0 Å². The molecule has 0 saturated heterocycles. The number of carbonyl (C=O) groups is 4. The molecule has 2 rings (SSSR count). The van der Waals surface area contributed by atoms with Gasteiger partial charge in [-0.05, 0) is 55.7 Å². The number of carboxylic acids is 2. The number of hydrogen-bond donors (Lipinski definition) is 2. The monoisotopic (exact) mass is 340 g/mol. The van der Waals surface area contributed by atoms with Gasteiger partial charge in [0.05, 0.1) is 11.1 Å². The largest absolute Gasteiger partial charge is 0.478 e. The lowest BCUT2D eigenvalue weighted by molar-refractivity contribution is 0.0683. The highest BCUT2D eigenvalue weighted by Gasteiger charge is 2.16. The molecule has 0 aliphatic heterocycles. The van der Waals surface area contributed by atoms with Crippen molar-refractivity contribution in [2.24, 2.45) is 0 Å². The molecule has 0 aliphatic carbocycles. The van der Waals surface area contributed by atoms with E-state index in [1.54, 1.807) is 12.1 Å². The van der Waals surface area contributed by atoms with Crippen LogP contribution in [0.3, 0.4) is 0 Å². The van der Waals surface area contributed by atoms with E-state index >= 15 is 0 Å². The van der Waals surface area contributed by atoms with Gasteiger partial charge in [0.2, 0.25) is 0 Å². The lowest BCUT2D eigenvalue weighted by Crippen LogP contribution is -2.08. The summed E-state index contributed by atoms with van der Waals surface area (Å²) in [5, 5.41) is 18.3. The van der Waals surface area contributed by atoms with Crippen LogP contribution in [0.25, 0.3) is 0 Å². The number of carbonyl (C=O) groups excluding carboxylic acids is 2. The molecular formula is C19H16O6. The molecule has 0 heterocycles. The van der Waals surface area contributed by atoms with Crippen LogP contribution in [0.5, 0.6) is 0 Å². The van der Waals surface area contributed by atoms with Gasteiger partial charge in [0.25, 0.3) is 0 Å². The summed E-state index contributed by atoms with van der Waals surface area (Å²) in [6, 6.07) is 8.93. The molecule has 2 aromatic rings. The van der Waals surface area contributed by atoms with Crippen LogP contribution < -0.4 is 0 Å². The van der Waals surface area contributed by atoms with E-state index in [0.29, 0.717) is 17.5 Å². The van der Waals surface area contributed by atoms with Gasteiger partial charge in [-0.15, -0.1) is 0 Å². The molecular weight excluding hydrogens is 324 g/mol. The highest BCUT2D eigenvalue weighted by Crippen LogP contribution is 2.19. The summed E-state index contributed by atoms with van der Waals surface area (Å²) in [5.41, 5.74) is 1.46. The molecule has 6 nitrogen and oxygen atoms in total. The zero-order valence-corrected chi connectivity index (χ0v) is 13.7. The van der Waals surface area contributed by atoms with Crippen LogP contribution >= 0.6 is 0 Å². The fourth-order valence-electron chi connectivity index (χ4n) is 2.59. The highest BCUT2D eigenvalue weighted by atomic mass is 16.4. The van der Waals surface area contributed by atoms with E-state index in [4.69, 9.17) is 10.2 Å². The number of rotatable bonds is 6. The molecule has 0 fully saturated rings. The maximum absolute atomic E-state index is 11.7. The first-order valence-corrected chi connectivity index (χ1v) is 7.45. The average Bonchev–Trinajstić information content (AvgIpc) is 2.54. The molecule has 2 N–H and O–H groups in total. The Kier molecular flexibility index (Phi) is 5.12. The van der Waals surface area contributed by atoms with Crippen LogP contribution in [-0.2, 0) is 6.42 Å². The average molecular weight is 340 g/mol. The van der Waals surface area contributed by atoms with Gasteiger partial charge in [0.15, 0.2) is 11.6 Å². The predicted octanol–water partition coefficient (Wildman–Crippen LogP) is 3.08. The van der Waals surface area contributed by atoms with E-state index < -0.39 is 11.9 Å². The summed E-state index contributed by atoms with van der Waals surface area (Å²) < 4.78 is 0. The van der Waals surface area contributed by atoms with Gasteiger partial charge in [0.1, 0.15) is 0 Å². The van der Waals surface area contributed by atoms with Crippen molar-refractivity contribution in [2.45, 2.75) is 20.3 Å². The van der Waals surface area contributed by atoms with Crippen molar-refractivity contribution in [3.63, 3.8) is 0 Å². The molecule has 0 amide bonds. The van der Waals surface area contributed by atoms with E-state index in [1.165, 1.54) is 38.1 Å². The number of Topliss-reactive ketones (excluding diaryl/α,β-unsaturated/α-hetero) is 2. The van der Waals surface area contributed by atoms with Crippen molar-refractivity contribution in [1.82, 2.24) is 0 Å². The number of ketones is 2. The third kappa shape index (κ3) is 3.98. The Labute approximate surface area is 143 Å². The third-order valence-electron chi connectivity index (χ3n) is 3.80. The van der Waals surface area contributed by atoms with Crippen molar-refractivity contribution < 1.29 is 29.4 Å². The molecule has 0 saturated carbocycles. The number of benzene rings is 2. The summed E-state index contributed by atoms with van der Waals surface area (Å²) >= 11 is 0. The molecule has 0 atom stereocenters. The lowest BCUT2D eigenvalue weighted by Gasteiger charge is -2.09. The third-order valence-corrected chi connectivity index (χ3v) is 3.80. The van der Waals surface area contributed by atoms with Gasteiger partial charge in [-0.1, -0.05) is 12.1 Å². The van der Waals surface area contributed by atoms with Crippen molar-refractivity contribution in [3.8, 4) is 0 Å². The Balaban J connectivity index is 2.43. The van der Waals surface area contributed by atoms with E-state index in [-0.39, 0.29) is 33.8 Å². The van der Waals surface area contributed by atoms with E-state index in [1.807, 2.05) is 0 Å². The predicted molar refractivity (Wildman–Crippen MR) is 89.6 cm³/mol. The van der Waals surface area contributed by atoms with Crippen LogP contribution in [0, 0.1) is 0 Å². The van der Waals surface area contributed by atoms with Crippen LogP contribution in [0.4, 0.5) is 0 Å². The standard InChI is InChI=1S/C19H16O6/c1-10(20)16-8-12(3-5-14(16)18(22)23)7-13-4-6-15(19(24)25)17(9-13)11(2)21/h3-6,8-9H,7H2,1-2H3,(H,22,23)(H,24,25). The van der Waals surface area contributed by atoms with Crippen molar-refractivity contribution >= 4 is 23.5 Å². The maximum atomic E-state index is 11.7. The van der Waals surface area contributed by atoms with E-state index in [2.05, 4.69) is 0 Å². The summed E-state index contributed by atoms with van der Waals surface area (Å²) in [7, 11) is 0. The van der Waals surface area contributed by atoms with Crippen LogP contribution in [0.1, 0.15) is 66.4 Å². The van der Waals surface area contributed by atoms with Gasteiger partial charge in [0, 0.05) is 11.1 Å². The first kappa shape index (κ1) is 18.1. The van der Waals surface area contributed by atoms with Crippen molar-refractivity contribution in [2.75, 3.05) is 0 Å². The summed E-state index contributed by atoms with van der Waals surface area (Å²) in [4.78, 5) is 45.7. The Morgan fingerprint density at radius 3 is 1.32 bits per heavy atom. The zero-order chi connectivity index (χ0) is 18.7. The second-order valence-electron chi connectivity index (χ2n) is 5.66. The fourth-order valence-corrected chi connectivity index (χ4v) is 2.59.